The molecule has 0 saturated carbocycles. The highest BCUT2D eigenvalue weighted by Crippen LogP contribution is 2.36. The molecule has 0 radical (unpaired) electrons. The Labute approximate surface area is 139 Å². The Bertz CT molecular complexity index is 928. The molecule has 3 heterocycles. The Morgan fingerprint density at radius 3 is 2.75 bits per heavy atom. The number of nitriles is 1. The third-order valence-electron chi connectivity index (χ3n) is 3.98. The number of nitrogens with zero attached hydrogens (tertiary/aromatic N) is 4. The van der Waals surface area contributed by atoms with Crippen molar-refractivity contribution in [1.29, 1.82) is 5.26 Å². The molecule has 0 saturated heterocycles. The van der Waals surface area contributed by atoms with Crippen LogP contribution in [-0.4, -0.2) is 27.7 Å². The minimum Gasteiger partial charge on any atom is -0.486 e. The average Bonchev–Trinajstić information content (AvgIpc) is 2.98. The van der Waals surface area contributed by atoms with E-state index in [9.17, 15) is 5.26 Å². The second-order valence-corrected chi connectivity index (χ2v) is 5.78. The first-order valence-corrected chi connectivity index (χ1v) is 7.87. The molecule has 0 N–H and O–H groups in total. The maximum atomic E-state index is 9.22. The fourth-order valence-corrected chi connectivity index (χ4v) is 2.85. The van der Waals surface area contributed by atoms with Crippen molar-refractivity contribution in [3.8, 4) is 29.1 Å². The number of pyridine rings is 1. The lowest BCUT2D eigenvalue weighted by Gasteiger charge is -2.18. The molecule has 1 aliphatic rings. The lowest BCUT2D eigenvalue weighted by Crippen LogP contribution is -2.15. The Morgan fingerprint density at radius 1 is 1.25 bits per heavy atom. The molecule has 1 aromatic carbocycles. The normalized spacial score (nSPS) is 14.3. The highest BCUT2D eigenvalue weighted by atomic mass is 16.6. The standard InChI is InChI=1S/C18H16N4O2/c1-12(10-19)11-22-15-9-17-16(23-6-7-24-17)8-14(15)21-18(22)13-4-2-3-5-20-13/h2-5,8-9,12H,6-7,11H2,1H3. The van der Waals surface area contributed by atoms with E-state index < -0.39 is 0 Å². The van der Waals surface area contributed by atoms with Gasteiger partial charge in [-0.25, -0.2) is 4.98 Å². The van der Waals surface area contributed by atoms with Crippen LogP contribution < -0.4 is 9.47 Å². The quantitative estimate of drug-likeness (QED) is 0.741. The van der Waals surface area contributed by atoms with Gasteiger partial charge in [0, 0.05) is 24.9 Å². The maximum absolute atomic E-state index is 9.22. The van der Waals surface area contributed by atoms with Crippen LogP contribution >= 0.6 is 0 Å². The summed E-state index contributed by atoms with van der Waals surface area (Å²) in [6, 6.07) is 11.8. The van der Waals surface area contributed by atoms with Crippen LogP contribution in [-0.2, 0) is 6.54 Å². The number of hydrogen-bond acceptors (Lipinski definition) is 5. The summed E-state index contributed by atoms with van der Waals surface area (Å²) >= 11 is 0. The van der Waals surface area contributed by atoms with Gasteiger partial charge in [-0.1, -0.05) is 6.07 Å². The summed E-state index contributed by atoms with van der Waals surface area (Å²) in [6.45, 7) is 3.51. The number of rotatable bonds is 3. The van der Waals surface area contributed by atoms with Crippen molar-refractivity contribution in [2.45, 2.75) is 13.5 Å². The zero-order chi connectivity index (χ0) is 16.5. The maximum Gasteiger partial charge on any atom is 0.163 e. The molecule has 0 aliphatic carbocycles. The Morgan fingerprint density at radius 2 is 2.04 bits per heavy atom. The van der Waals surface area contributed by atoms with Crippen molar-refractivity contribution in [1.82, 2.24) is 14.5 Å². The van der Waals surface area contributed by atoms with Gasteiger partial charge >= 0.3 is 0 Å². The summed E-state index contributed by atoms with van der Waals surface area (Å²) in [6.07, 6.45) is 1.74. The molecule has 120 valence electrons. The Balaban J connectivity index is 1.93. The van der Waals surface area contributed by atoms with Crippen LogP contribution in [0.15, 0.2) is 36.5 Å². The number of ether oxygens (including phenoxy) is 2. The highest BCUT2D eigenvalue weighted by Gasteiger charge is 2.20. The van der Waals surface area contributed by atoms with E-state index in [1.165, 1.54) is 0 Å². The molecular weight excluding hydrogens is 304 g/mol. The fraction of sp³-hybridized carbons (Fsp3) is 0.278. The van der Waals surface area contributed by atoms with E-state index in [1.54, 1.807) is 6.20 Å². The first-order valence-electron chi connectivity index (χ1n) is 7.87. The van der Waals surface area contributed by atoms with Gasteiger partial charge in [-0.15, -0.1) is 0 Å². The van der Waals surface area contributed by atoms with Crippen LogP contribution in [0.3, 0.4) is 0 Å². The molecule has 1 aliphatic heterocycles. The SMILES string of the molecule is CC(C#N)Cn1c(-c2ccccn2)nc2cc3c(cc21)OCCO3. The average molecular weight is 320 g/mol. The number of aromatic nitrogens is 3. The molecular formula is C18H16N4O2. The summed E-state index contributed by atoms with van der Waals surface area (Å²) in [5.41, 5.74) is 2.51. The predicted octanol–water partition coefficient (Wildman–Crippen LogP) is 3.03. The molecule has 0 bridgehead atoms. The Kier molecular flexibility index (Phi) is 3.54. The van der Waals surface area contributed by atoms with Gasteiger partial charge in [0.15, 0.2) is 17.3 Å². The van der Waals surface area contributed by atoms with Crippen LogP contribution in [0.4, 0.5) is 0 Å². The minimum atomic E-state index is -0.141. The topological polar surface area (TPSA) is 73.0 Å². The Hall–Kier alpha value is -3.07. The number of fused-ring (bicyclic) bond motifs is 2. The number of imidazole rings is 1. The third-order valence-corrected chi connectivity index (χ3v) is 3.98. The van der Waals surface area contributed by atoms with E-state index in [-0.39, 0.29) is 5.92 Å². The van der Waals surface area contributed by atoms with Gasteiger partial charge in [0.1, 0.15) is 18.9 Å². The van der Waals surface area contributed by atoms with Gasteiger partial charge in [0.05, 0.1) is 23.0 Å². The van der Waals surface area contributed by atoms with Crippen molar-refractivity contribution >= 4 is 11.0 Å². The van der Waals surface area contributed by atoms with E-state index in [2.05, 4.69) is 11.1 Å². The molecule has 4 rings (SSSR count). The molecule has 0 spiro atoms. The molecule has 24 heavy (non-hydrogen) atoms. The summed E-state index contributed by atoms with van der Waals surface area (Å²) in [7, 11) is 0. The number of benzene rings is 1. The summed E-state index contributed by atoms with van der Waals surface area (Å²) < 4.78 is 13.4. The predicted molar refractivity (Wildman–Crippen MR) is 88.7 cm³/mol. The van der Waals surface area contributed by atoms with Crippen LogP contribution in [0.2, 0.25) is 0 Å². The molecule has 0 fully saturated rings. The summed E-state index contributed by atoms with van der Waals surface area (Å²) in [5, 5.41) is 9.22. The zero-order valence-corrected chi connectivity index (χ0v) is 13.3. The van der Waals surface area contributed by atoms with Gasteiger partial charge in [-0.3, -0.25) is 4.98 Å². The monoisotopic (exact) mass is 320 g/mol. The number of hydrogen-bond donors (Lipinski definition) is 0. The molecule has 6 heteroatoms. The van der Waals surface area contributed by atoms with Crippen LogP contribution in [0.1, 0.15) is 6.92 Å². The zero-order valence-electron chi connectivity index (χ0n) is 13.3. The van der Waals surface area contributed by atoms with Crippen LogP contribution in [0.5, 0.6) is 11.5 Å². The molecule has 2 aromatic heterocycles. The smallest absolute Gasteiger partial charge is 0.163 e. The molecule has 1 unspecified atom stereocenters. The minimum absolute atomic E-state index is 0.141. The first-order chi connectivity index (χ1) is 11.8. The third kappa shape index (κ3) is 2.44. The summed E-state index contributed by atoms with van der Waals surface area (Å²) in [4.78, 5) is 9.14. The lowest BCUT2D eigenvalue weighted by atomic mass is 10.2. The fourth-order valence-electron chi connectivity index (χ4n) is 2.85. The second-order valence-electron chi connectivity index (χ2n) is 5.78. The van der Waals surface area contributed by atoms with Crippen molar-refractivity contribution in [3.63, 3.8) is 0 Å². The van der Waals surface area contributed by atoms with Gasteiger partial charge in [-0.05, 0) is 19.1 Å². The van der Waals surface area contributed by atoms with Crippen LogP contribution in [0.25, 0.3) is 22.6 Å². The summed E-state index contributed by atoms with van der Waals surface area (Å²) in [5.74, 6) is 2.03. The molecule has 3 aromatic rings. The van der Waals surface area contributed by atoms with E-state index in [0.717, 1.165) is 22.6 Å². The van der Waals surface area contributed by atoms with Gasteiger partial charge in [0.25, 0.3) is 0 Å². The van der Waals surface area contributed by atoms with Crippen molar-refractivity contribution < 1.29 is 9.47 Å². The molecule has 1 atom stereocenters. The van der Waals surface area contributed by atoms with Crippen molar-refractivity contribution in [2.75, 3.05) is 13.2 Å². The van der Waals surface area contributed by atoms with Gasteiger partial charge in [0.2, 0.25) is 0 Å². The van der Waals surface area contributed by atoms with Crippen molar-refractivity contribution in [2.24, 2.45) is 5.92 Å². The van der Waals surface area contributed by atoms with Gasteiger partial charge < -0.3 is 14.0 Å². The largest absolute Gasteiger partial charge is 0.486 e. The lowest BCUT2D eigenvalue weighted by molar-refractivity contribution is 0.172. The first kappa shape index (κ1) is 14.5. The van der Waals surface area contributed by atoms with E-state index in [0.29, 0.717) is 31.3 Å². The van der Waals surface area contributed by atoms with Crippen LogP contribution in [0, 0.1) is 17.2 Å². The van der Waals surface area contributed by atoms with Gasteiger partial charge in [-0.2, -0.15) is 5.26 Å². The molecule has 0 amide bonds. The second kappa shape index (κ2) is 5.85. The van der Waals surface area contributed by atoms with E-state index in [4.69, 9.17) is 14.5 Å². The molecule has 6 nitrogen and oxygen atoms in total. The highest BCUT2D eigenvalue weighted by molar-refractivity contribution is 5.84. The van der Waals surface area contributed by atoms with E-state index >= 15 is 0 Å². The van der Waals surface area contributed by atoms with Crippen molar-refractivity contribution in [3.05, 3.63) is 36.5 Å². The van der Waals surface area contributed by atoms with E-state index in [1.807, 2.05) is 41.8 Å².